The van der Waals surface area contributed by atoms with Crippen LogP contribution in [0.25, 0.3) is 0 Å². The number of carbonyl (C=O) groups is 1. The average molecular weight is 144 g/mol. The maximum absolute atomic E-state index is 10.8. The maximum Gasteiger partial charge on any atom is 0.221 e. The fourth-order valence-electron chi connectivity index (χ4n) is 0.923. The van der Waals surface area contributed by atoms with Crippen LogP contribution in [0.3, 0.4) is 0 Å². The van der Waals surface area contributed by atoms with Crippen LogP contribution < -0.4 is 16.6 Å². The van der Waals surface area contributed by atoms with Crippen molar-refractivity contribution in [2.75, 3.05) is 13.1 Å². The normalized spacial score (nSPS) is 26.6. The average Bonchev–Trinajstić information content (AvgIpc) is 1.88. The van der Waals surface area contributed by atoms with Gasteiger partial charge < -0.3 is 4.90 Å². The largest absolute Gasteiger partial charge is 0.312 e. The standard InChI is InChI=1S/C5H12N4O/c1-4(10)9-3-2-7-8-5(9)6/h5,7-8H,2-3,6H2,1H3. The minimum atomic E-state index is -0.383. The summed E-state index contributed by atoms with van der Waals surface area (Å²) >= 11 is 0. The molecule has 0 radical (unpaired) electrons. The van der Waals surface area contributed by atoms with Crippen molar-refractivity contribution in [2.24, 2.45) is 5.73 Å². The monoisotopic (exact) mass is 144 g/mol. The van der Waals surface area contributed by atoms with E-state index in [-0.39, 0.29) is 12.2 Å². The van der Waals surface area contributed by atoms with Gasteiger partial charge in [0.25, 0.3) is 0 Å². The summed E-state index contributed by atoms with van der Waals surface area (Å²) in [6.45, 7) is 2.92. The summed E-state index contributed by atoms with van der Waals surface area (Å²) in [6.07, 6.45) is -0.383. The molecule has 0 aromatic heterocycles. The highest BCUT2D eigenvalue weighted by molar-refractivity contribution is 5.73. The fraction of sp³-hybridized carbons (Fsp3) is 0.800. The molecule has 0 aliphatic carbocycles. The van der Waals surface area contributed by atoms with E-state index in [2.05, 4.69) is 10.9 Å². The summed E-state index contributed by atoms with van der Waals surface area (Å²) < 4.78 is 0. The fourth-order valence-corrected chi connectivity index (χ4v) is 0.923. The molecule has 58 valence electrons. The van der Waals surface area contributed by atoms with E-state index in [1.54, 1.807) is 4.90 Å². The molecule has 1 amide bonds. The Morgan fingerprint density at radius 3 is 2.90 bits per heavy atom. The molecule has 0 spiro atoms. The van der Waals surface area contributed by atoms with Crippen molar-refractivity contribution in [1.29, 1.82) is 0 Å². The quantitative estimate of drug-likeness (QED) is 0.374. The first kappa shape index (κ1) is 7.46. The minimum Gasteiger partial charge on any atom is -0.312 e. The molecule has 1 unspecified atom stereocenters. The van der Waals surface area contributed by atoms with Crippen LogP contribution in [-0.2, 0) is 4.79 Å². The number of hydrogen-bond acceptors (Lipinski definition) is 4. The van der Waals surface area contributed by atoms with Crippen molar-refractivity contribution >= 4 is 5.91 Å². The van der Waals surface area contributed by atoms with Gasteiger partial charge in [-0.2, -0.15) is 0 Å². The van der Waals surface area contributed by atoms with E-state index in [0.717, 1.165) is 6.54 Å². The smallest absolute Gasteiger partial charge is 0.221 e. The Balaban J connectivity index is 2.47. The number of amides is 1. The van der Waals surface area contributed by atoms with E-state index in [1.807, 2.05) is 0 Å². The molecule has 1 aliphatic rings. The van der Waals surface area contributed by atoms with Crippen molar-refractivity contribution < 1.29 is 4.79 Å². The summed E-state index contributed by atoms with van der Waals surface area (Å²) in [5.41, 5.74) is 11.1. The lowest BCUT2D eigenvalue weighted by Crippen LogP contribution is -2.64. The van der Waals surface area contributed by atoms with Gasteiger partial charge in [0.05, 0.1) is 0 Å². The summed E-state index contributed by atoms with van der Waals surface area (Å²) in [4.78, 5) is 12.4. The van der Waals surface area contributed by atoms with Gasteiger partial charge in [0.15, 0.2) is 0 Å². The summed E-state index contributed by atoms with van der Waals surface area (Å²) in [6, 6.07) is 0. The second-order valence-corrected chi connectivity index (χ2v) is 2.23. The number of nitrogens with two attached hydrogens (primary N) is 1. The van der Waals surface area contributed by atoms with Crippen LogP contribution in [-0.4, -0.2) is 30.2 Å². The summed E-state index contributed by atoms with van der Waals surface area (Å²) in [5, 5.41) is 0. The van der Waals surface area contributed by atoms with Crippen LogP contribution in [0.1, 0.15) is 6.92 Å². The van der Waals surface area contributed by atoms with Crippen LogP contribution >= 0.6 is 0 Å². The number of nitrogens with zero attached hydrogens (tertiary/aromatic N) is 1. The molecule has 1 heterocycles. The SMILES string of the molecule is CC(=O)N1CCNNC1N. The molecule has 10 heavy (non-hydrogen) atoms. The van der Waals surface area contributed by atoms with Gasteiger partial charge in [0.1, 0.15) is 6.29 Å². The third kappa shape index (κ3) is 1.44. The van der Waals surface area contributed by atoms with Crippen molar-refractivity contribution in [3.8, 4) is 0 Å². The van der Waals surface area contributed by atoms with Gasteiger partial charge in [-0.1, -0.05) is 0 Å². The lowest BCUT2D eigenvalue weighted by Gasteiger charge is -2.33. The van der Waals surface area contributed by atoms with Crippen molar-refractivity contribution in [1.82, 2.24) is 15.8 Å². The number of rotatable bonds is 0. The van der Waals surface area contributed by atoms with Gasteiger partial charge in [-0.25, -0.2) is 5.43 Å². The van der Waals surface area contributed by atoms with Crippen molar-refractivity contribution in [3.05, 3.63) is 0 Å². The number of hydrogen-bond donors (Lipinski definition) is 3. The maximum atomic E-state index is 10.8. The number of carbonyl (C=O) groups excluding carboxylic acids is 1. The molecule has 5 heteroatoms. The molecule has 4 N–H and O–H groups in total. The lowest BCUT2D eigenvalue weighted by atomic mass is 10.4. The Morgan fingerprint density at radius 2 is 2.50 bits per heavy atom. The molecule has 1 aliphatic heterocycles. The summed E-state index contributed by atoms with van der Waals surface area (Å²) in [5.74, 6) is 0.00139. The molecule has 1 atom stereocenters. The van der Waals surface area contributed by atoms with Crippen LogP contribution in [0, 0.1) is 0 Å². The second kappa shape index (κ2) is 2.96. The van der Waals surface area contributed by atoms with E-state index >= 15 is 0 Å². The Labute approximate surface area is 59.5 Å². The molecule has 1 saturated heterocycles. The van der Waals surface area contributed by atoms with E-state index in [1.165, 1.54) is 6.92 Å². The first-order chi connectivity index (χ1) is 4.72. The zero-order chi connectivity index (χ0) is 7.56. The van der Waals surface area contributed by atoms with Crippen LogP contribution in [0.2, 0.25) is 0 Å². The molecule has 0 bridgehead atoms. The molecular weight excluding hydrogens is 132 g/mol. The Kier molecular flexibility index (Phi) is 2.21. The Bertz CT molecular complexity index is 138. The van der Waals surface area contributed by atoms with E-state index < -0.39 is 0 Å². The molecule has 1 rings (SSSR count). The predicted octanol–water partition coefficient (Wildman–Crippen LogP) is -1.81. The predicted molar refractivity (Wildman–Crippen MR) is 36.5 cm³/mol. The topological polar surface area (TPSA) is 70.4 Å². The van der Waals surface area contributed by atoms with Gasteiger partial charge in [-0.05, 0) is 0 Å². The first-order valence-electron chi connectivity index (χ1n) is 3.23. The molecule has 0 aromatic rings. The van der Waals surface area contributed by atoms with Gasteiger partial charge in [-0.15, -0.1) is 0 Å². The Morgan fingerprint density at radius 1 is 1.80 bits per heavy atom. The van der Waals surface area contributed by atoms with Crippen LogP contribution in [0.5, 0.6) is 0 Å². The molecular formula is C5H12N4O. The molecule has 1 fully saturated rings. The van der Waals surface area contributed by atoms with E-state index in [4.69, 9.17) is 5.73 Å². The first-order valence-corrected chi connectivity index (χ1v) is 3.23. The third-order valence-corrected chi connectivity index (χ3v) is 1.47. The molecule has 5 nitrogen and oxygen atoms in total. The van der Waals surface area contributed by atoms with E-state index in [9.17, 15) is 4.79 Å². The van der Waals surface area contributed by atoms with Crippen molar-refractivity contribution in [2.45, 2.75) is 13.2 Å². The van der Waals surface area contributed by atoms with Gasteiger partial charge in [0.2, 0.25) is 5.91 Å². The van der Waals surface area contributed by atoms with Crippen molar-refractivity contribution in [3.63, 3.8) is 0 Å². The Hall–Kier alpha value is -0.650. The number of hydrazine groups is 1. The second-order valence-electron chi connectivity index (χ2n) is 2.23. The highest BCUT2D eigenvalue weighted by atomic mass is 16.2. The zero-order valence-electron chi connectivity index (χ0n) is 5.92. The molecule has 0 saturated carbocycles. The van der Waals surface area contributed by atoms with Gasteiger partial charge in [0, 0.05) is 20.0 Å². The van der Waals surface area contributed by atoms with Crippen LogP contribution in [0.15, 0.2) is 0 Å². The zero-order valence-corrected chi connectivity index (χ0v) is 5.92. The highest BCUT2D eigenvalue weighted by Crippen LogP contribution is 1.92. The van der Waals surface area contributed by atoms with E-state index in [0.29, 0.717) is 6.54 Å². The van der Waals surface area contributed by atoms with Gasteiger partial charge >= 0.3 is 0 Å². The third-order valence-electron chi connectivity index (χ3n) is 1.47. The van der Waals surface area contributed by atoms with Crippen LogP contribution in [0.4, 0.5) is 0 Å². The lowest BCUT2D eigenvalue weighted by molar-refractivity contribution is -0.133. The number of nitrogens with one attached hydrogen (secondary N) is 2. The van der Waals surface area contributed by atoms with Gasteiger partial charge in [-0.3, -0.25) is 16.0 Å². The summed E-state index contributed by atoms with van der Waals surface area (Å²) in [7, 11) is 0. The molecule has 0 aromatic carbocycles. The minimum absolute atomic E-state index is 0.00139. The highest BCUT2D eigenvalue weighted by Gasteiger charge is 2.19.